The summed E-state index contributed by atoms with van der Waals surface area (Å²) in [6, 6.07) is 10.00. The minimum atomic E-state index is 0.544. The van der Waals surface area contributed by atoms with Crippen molar-refractivity contribution < 1.29 is 4.42 Å². The number of nitrogens with zero attached hydrogens (tertiary/aromatic N) is 3. The van der Waals surface area contributed by atoms with Gasteiger partial charge in [0.25, 0.3) is 0 Å². The van der Waals surface area contributed by atoms with Crippen molar-refractivity contribution in [1.29, 1.82) is 0 Å². The number of aliphatic imine (C=N–C) groups is 1. The summed E-state index contributed by atoms with van der Waals surface area (Å²) in [5.74, 6) is 1.67. The first-order valence-electron chi connectivity index (χ1n) is 9.81. The molecule has 1 aliphatic heterocycles. The Morgan fingerprint density at radius 2 is 2.04 bits per heavy atom. The van der Waals surface area contributed by atoms with Crippen LogP contribution < -0.4 is 5.32 Å². The van der Waals surface area contributed by atoms with Crippen molar-refractivity contribution in [2.24, 2.45) is 10.4 Å². The van der Waals surface area contributed by atoms with Crippen LogP contribution in [0, 0.1) is 5.41 Å². The van der Waals surface area contributed by atoms with Gasteiger partial charge in [0.2, 0.25) is 5.89 Å². The monoisotopic (exact) mass is 352 g/mol. The molecule has 5 heteroatoms. The number of hydrogen-bond acceptors (Lipinski definition) is 3. The van der Waals surface area contributed by atoms with Crippen LogP contribution in [0.25, 0.3) is 11.5 Å². The van der Waals surface area contributed by atoms with E-state index in [1.807, 2.05) is 30.3 Å². The van der Waals surface area contributed by atoms with E-state index >= 15 is 0 Å². The van der Waals surface area contributed by atoms with Crippen LogP contribution in [0.3, 0.4) is 0 Å². The summed E-state index contributed by atoms with van der Waals surface area (Å²) >= 11 is 0. The average Bonchev–Trinajstić information content (AvgIpc) is 3.42. The maximum Gasteiger partial charge on any atom is 0.226 e. The third kappa shape index (κ3) is 3.62. The summed E-state index contributed by atoms with van der Waals surface area (Å²) in [5, 5.41) is 3.46. The van der Waals surface area contributed by atoms with Gasteiger partial charge in [-0.2, -0.15) is 0 Å². The fraction of sp³-hybridized carbons (Fsp3) is 0.524. The molecule has 0 radical (unpaired) electrons. The number of hydrogen-bond donors (Lipinski definition) is 1. The van der Waals surface area contributed by atoms with Crippen molar-refractivity contribution in [2.45, 2.75) is 45.6 Å². The van der Waals surface area contributed by atoms with E-state index in [0.717, 1.165) is 36.9 Å². The molecule has 5 nitrogen and oxygen atoms in total. The van der Waals surface area contributed by atoms with Gasteiger partial charge < -0.3 is 14.6 Å². The summed E-state index contributed by atoms with van der Waals surface area (Å²) in [7, 11) is 0. The number of benzene rings is 1. The quantitative estimate of drug-likeness (QED) is 0.666. The van der Waals surface area contributed by atoms with Crippen LogP contribution in [0.2, 0.25) is 0 Å². The van der Waals surface area contributed by atoms with E-state index in [9.17, 15) is 0 Å². The van der Waals surface area contributed by atoms with Gasteiger partial charge in [-0.3, -0.25) is 0 Å². The summed E-state index contributed by atoms with van der Waals surface area (Å²) in [6.45, 7) is 5.81. The van der Waals surface area contributed by atoms with Gasteiger partial charge in [0, 0.05) is 25.2 Å². The fourth-order valence-corrected chi connectivity index (χ4v) is 4.32. The van der Waals surface area contributed by atoms with Gasteiger partial charge in [-0.1, -0.05) is 31.0 Å². The first kappa shape index (κ1) is 17.1. The first-order chi connectivity index (χ1) is 12.8. The van der Waals surface area contributed by atoms with Crippen LogP contribution in [0.15, 0.2) is 46.0 Å². The molecule has 26 heavy (non-hydrogen) atoms. The van der Waals surface area contributed by atoms with Gasteiger partial charge in [0.1, 0.15) is 12.0 Å². The van der Waals surface area contributed by atoms with E-state index in [1.54, 1.807) is 6.26 Å². The Hall–Kier alpha value is -2.30. The van der Waals surface area contributed by atoms with Crippen LogP contribution in [0.4, 0.5) is 0 Å². The number of guanidine groups is 1. The molecule has 1 spiro atoms. The second kappa shape index (κ2) is 7.52. The molecule has 1 N–H and O–H groups in total. The SMILES string of the molecule is CCNC(=NCc1coc(-c2ccccc2)n1)N1CCC2(CCCC2)C1. The van der Waals surface area contributed by atoms with Crippen LogP contribution in [0.5, 0.6) is 0 Å². The fourth-order valence-electron chi connectivity index (χ4n) is 4.32. The largest absolute Gasteiger partial charge is 0.444 e. The topological polar surface area (TPSA) is 53.7 Å². The minimum Gasteiger partial charge on any atom is -0.444 e. The Kier molecular flexibility index (Phi) is 4.96. The Morgan fingerprint density at radius 1 is 1.23 bits per heavy atom. The molecule has 0 amide bonds. The molecular formula is C21H28N4O. The maximum atomic E-state index is 5.63. The van der Waals surface area contributed by atoms with Crippen LogP contribution in [-0.2, 0) is 6.54 Å². The summed E-state index contributed by atoms with van der Waals surface area (Å²) in [6.07, 6.45) is 8.57. The lowest BCUT2D eigenvalue weighted by Gasteiger charge is -2.25. The van der Waals surface area contributed by atoms with E-state index in [4.69, 9.17) is 9.41 Å². The van der Waals surface area contributed by atoms with E-state index in [-0.39, 0.29) is 0 Å². The number of aromatic nitrogens is 1. The minimum absolute atomic E-state index is 0.544. The smallest absolute Gasteiger partial charge is 0.226 e. The maximum absolute atomic E-state index is 5.63. The lowest BCUT2D eigenvalue weighted by molar-refractivity contribution is 0.309. The van der Waals surface area contributed by atoms with Gasteiger partial charge in [-0.05, 0) is 43.7 Å². The number of rotatable bonds is 4. The lowest BCUT2D eigenvalue weighted by atomic mass is 9.86. The van der Waals surface area contributed by atoms with Crippen molar-refractivity contribution >= 4 is 5.96 Å². The second-order valence-electron chi connectivity index (χ2n) is 7.56. The molecule has 1 saturated heterocycles. The molecule has 2 fully saturated rings. The molecule has 138 valence electrons. The normalized spacial score (nSPS) is 19.4. The number of likely N-dealkylation sites (tertiary alicyclic amines) is 1. The average molecular weight is 352 g/mol. The van der Waals surface area contributed by atoms with Crippen LogP contribution in [-0.4, -0.2) is 35.5 Å². The van der Waals surface area contributed by atoms with Crippen molar-refractivity contribution in [1.82, 2.24) is 15.2 Å². The molecule has 1 aromatic carbocycles. The van der Waals surface area contributed by atoms with Crippen molar-refractivity contribution in [3.05, 3.63) is 42.3 Å². The second-order valence-corrected chi connectivity index (χ2v) is 7.56. The Bertz CT molecular complexity index is 746. The van der Waals surface area contributed by atoms with Gasteiger partial charge >= 0.3 is 0 Å². The molecule has 2 aliphatic rings. The highest BCUT2D eigenvalue weighted by molar-refractivity contribution is 5.80. The summed E-state index contributed by atoms with van der Waals surface area (Å²) < 4.78 is 5.63. The molecular weight excluding hydrogens is 324 g/mol. The van der Waals surface area contributed by atoms with Gasteiger partial charge in [0.15, 0.2) is 5.96 Å². The third-order valence-corrected chi connectivity index (χ3v) is 5.70. The van der Waals surface area contributed by atoms with Gasteiger partial charge in [-0.25, -0.2) is 9.98 Å². The van der Waals surface area contributed by atoms with Crippen molar-refractivity contribution in [2.75, 3.05) is 19.6 Å². The molecule has 2 aromatic rings. The van der Waals surface area contributed by atoms with E-state index in [2.05, 4.69) is 22.1 Å². The van der Waals surface area contributed by atoms with E-state index in [1.165, 1.54) is 32.1 Å². The zero-order valence-corrected chi connectivity index (χ0v) is 15.6. The lowest BCUT2D eigenvalue weighted by Crippen LogP contribution is -2.41. The third-order valence-electron chi connectivity index (χ3n) is 5.70. The van der Waals surface area contributed by atoms with Gasteiger partial charge in [-0.15, -0.1) is 0 Å². The molecule has 0 atom stereocenters. The highest BCUT2D eigenvalue weighted by Gasteiger charge is 2.41. The van der Waals surface area contributed by atoms with E-state index < -0.39 is 0 Å². The molecule has 0 bridgehead atoms. The molecule has 1 saturated carbocycles. The zero-order chi connectivity index (χ0) is 17.8. The Balaban J connectivity index is 1.44. The molecule has 1 aliphatic carbocycles. The number of nitrogens with one attached hydrogen (secondary N) is 1. The van der Waals surface area contributed by atoms with Crippen molar-refractivity contribution in [3.8, 4) is 11.5 Å². The van der Waals surface area contributed by atoms with Crippen LogP contribution >= 0.6 is 0 Å². The highest BCUT2D eigenvalue weighted by Crippen LogP contribution is 2.45. The molecule has 1 aromatic heterocycles. The predicted octanol–water partition coefficient (Wildman–Crippen LogP) is 4.07. The Labute approximate surface area is 155 Å². The van der Waals surface area contributed by atoms with Crippen LogP contribution in [0.1, 0.15) is 44.7 Å². The molecule has 4 rings (SSSR count). The zero-order valence-electron chi connectivity index (χ0n) is 15.6. The first-order valence-corrected chi connectivity index (χ1v) is 9.81. The standard InChI is InChI=1S/C21H28N4O/c1-2-22-20(25-13-12-21(16-25)10-6-7-11-21)23-14-18-15-26-19(24-18)17-8-4-3-5-9-17/h3-5,8-9,15H,2,6-7,10-14,16H2,1H3,(H,22,23). The summed E-state index contributed by atoms with van der Waals surface area (Å²) in [4.78, 5) is 11.9. The molecule has 0 unspecified atom stereocenters. The number of oxazole rings is 1. The van der Waals surface area contributed by atoms with Crippen molar-refractivity contribution in [3.63, 3.8) is 0 Å². The predicted molar refractivity (Wildman–Crippen MR) is 104 cm³/mol. The highest BCUT2D eigenvalue weighted by atomic mass is 16.3. The van der Waals surface area contributed by atoms with Gasteiger partial charge in [0.05, 0.1) is 6.54 Å². The van der Waals surface area contributed by atoms with E-state index in [0.29, 0.717) is 17.9 Å². The Morgan fingerprint density at radius 3 is 2.81 bits per heavy atom. The summed E-state index contributed by atoms with van der Waals surface area (Å²) in [5.41, 5.74) is 2.41. The molecule has 2 heterocycles.